The molecule has 0 bridgehead atoms. The van der Waals surface area contributed by atoms with Crippen molar-refractivity contribution in [1.29, 1.82) is 0 Å². The van der Waals surface area contributed by atoms with Gasteiger partial charge in [0.15, 0.2) is 0 Å². The summed E-state index contributed by atoms with van der Waals surface area (Å²) in [5.41, 5.74) is 2.89. The molecule has 31 heavy (non-hydrogen) atoms. The zero-order chi connectivity index (χ0) is 21.2. The van der Waals surface area contributed by atoms with E-state index in [0.29, 0.717) is 24.1 Å². The van der Waals surface area contributed by atoms with Crippen molar-refractivity contribution in [3.63, 3.8) is 0 Å². The van der Waals surface area contributed by atoms with Gasteiger partial charge in [0, 0.05) is 37.8 Å². The molecule has 0 amide bonds. The van der Waals surface area contributed by atoms with Crippen LogP contribution in [0.1, 0.15) is 12.5 Å². The molecule has 8 heteroatoms. The minimum absolute atomic E-state index is 0.162. The summed E-state index contributed by atoms with van der Waals surface area (Å²) >= 11 is 0. The monoisotopic (exact) mass is 413 g/mol. The third kappa shape index (κ3) is 3.53. The van der Waals surface area contributed by atoms with Crippen LogP contribution in [0.4, 0.5) is 5.95 Å². The second-order valence-electron chi connectivity index (χ2n) is 7.49. The standard InChI is InChI=1S/C23H23N7O/c1-2-3-12-29-21-20(27-23(29)28-13-10-24-11-14-28)15-26-30(22(21)31)16-17-8-9-25-19-7-5-4-6-18(17)19/h4-9,15,24H,10-14,16H2,1H3. The van der Waals surface area contributed by atoms with Crippen molar-refractivity contribution in [3.05, 3.63) is 58.6 Å². The first-order chi connectivity index (χ1) is 15.3. The summed E-state index contributed by atoms with van der Waals surface area (Å²) in [4.78, 5) is 24.9. The SMILES string of the molecule is CC#CCn1c(N2CCNCC2)nc2cnn(Cc3ccnc4ccccc34)c(=O)c21. The van der Waals surface area contributed by atoms with Crippen LogP contribution in [0, 0.1) is 11.8 Å². The summed E-state index contributed by atoms with van der Waals surface area (Å²) in [6, 6.07) is 9.86. The molecule has 4 heterocycles. The van der Waals surface area contributed by atoms with Crippen LogP contribution in [0.3, 0.4) is 0 Å². The van der Waals surface area contributed by atoms with Crippen LogP contribution in [0.25, 0.3) is 21.9 Å². The van der Waals surface area contributed by atoms with Crippen molar-refractivity contribution in [2.24, 2.45) is 0 Å². The lowest BCUT2D eigenvalue weighted by Gasteiger charge is -2.28. The van der Waals surface area contributed by atoms with Crippen LogP contribution < -0.4 is 15.8 Å². The average Bonchev–Trinajstić information content (AvgIpc) is 3.19. The van der Waals surface area contributed by atoms with Crippen LogP contribution in [0.5, 0.6) is 0 Å². The molecule has 0 spiro atoms. The minimum atomic E-state index is -0.162. The third-order valence-corrected chi connectivity index (χ3v) is 5.60. The van der Waals surface area contributed by atoms with Gasteiger partial charge in [-0.15, -0.1) is 5.92 Å². The number of rotatable bonds is 4. The number of hydrogen-bond donors (Lipinski definition) is 1. The molecule has 1 fully saturated rings. The number of pyridine rings is 1. The maximum Gasteiger partial charge on any atom is 0.293 e. The van der Waals surface area contributed by atoms with Crippen LogP contribution in [0.15, 0.2) is 47.5 Å². The van der Waals surface area contributed by atoms with E-state index in [9.17, 15) is 4.79 Å². The molecule has 156 valence electrons. The number of nitrogens with one attached hydrogen (secondary N) is 1. The lowest BCUT2D eigenvalue weighted by Crippen LogP contribution is -2.44. The molecule has 1 N–H and O–H groups in total. The highest BCUT2D eigenvalue weighted by molar-refractivity contribution is 5.82. The van der Waals surface area contributed by atoms with Gasteiger partial charge >= 0.3 is 0 Å². The molecule has 8 nitrogen and oxygen atoms in total. The van der Waals surface area contributed by atoms with E-state index in [0.717, 1.165) is 48.6 Å². The van der Waals surface area contributed by atoms with Crippen LogP contribution in [-0.2, 0) is 13.1 Å². The predicted octanol–water partition coefficient (Wildman–Crippen LogP) is 1.62. The topological polar surface area (TPSA) is 80.9 Å². The Labute approximate surface area is 179 Å². The highest BCUT2D eigenvalue weighted by atomic mass is 16.1. The van der Waals surface area contributed by atoms with Gasteiger partial charge in [0.25, 0.3) is 5.56 Å². The number of nitrogens with zero attached hydrogens (tertiary/aromatic N) is 6. The van der Waals surface area contributed by atoms with Crippen LogP contribution >= 0.6 is 0 Å². The Kier molecular flexibility index (Phi) is 5.10. The lowest BCUT2D eigenvalue weighted by atomic mass is 10.1. The fraction of sp³-hybridized carbons (Fsp3) is 0.304. The van der Waals surface area contributed by atoms with E-state index < -0.39 is 0 Å². The summed E-state index contributed by atoms with van der Waals surface area (Å²) in [5.74, 6) is 6.81. The van der Waals surface area contributed by atoms with Crippen molar-refractivity contribution in [1.82, 2.24) is 29.6 Å². The van der Waals surface area contributed by atoms with E-state index in [1.165, 1.54) is 4.68 Å². The average molecular weight is 413 g/mol. The van der Waals surface area contributed by atoms with Gasteiger partial charge in [-0.2, -0.15) is 5.10 Å². The number of hydrogen-bond acceptors (Lipinski definition) is 6. The van der Waals surface area contributed by atoms with Crippen molar-refractivity contribution in [2.45, 2.75) is 20.0 Å². The Bertz CT molecular complexity index is 1360. The Morgan fingerprint density at radius 1 is 1.13 bits per heavy atom. The van der Waals surface area contributed by atoms with Gasteiger partial charge in [0.1, 0.15) is 11.0 Å². The first-order valence-corrected chi connectivity index (χ1v) is 10.4. The zero-order valence-electron chi connectivity index (χ0n) is 17.4. The van der Waals surface area contributed by atoms with Crippen molar-refractivity contribution >= 4 is 27.9 Å². The van der Waals surface area contributed by atoms with Crippen molar-refractivity contribution in [2.75, 3.05) is 31.1 Å². The Morgan fingerprint density at radius 2 is 1.97 bits per heavy atom. The number of imidazole rings is 1. The maximum atomic E-state index is 13.5. The van der Waals surface area contributed by atoms with Gasteiger partial charge in [-0.3, -0.25) is 14.3 Å². The highest BCUT2D eigenvalue weighted by Crippen LogP contribution is 2.21. The molecule has 1 aromatic carbocycles. The maximum absolute atomic E-state index is 13.5. The van der Waals surface area contributed by atoms with Crippen LogP contribution in [0.2, 0.25) is 0 Å². The third-order valence-electron chi connectivity index (χ3n) is 5.60. The van der Waals surface area contributed by atoms with Gasteiger partial charge in [0.2, 0.25) is 5.95 Å². The van der Waals surface area contributed by atoms with Gasteiger partial charge in [-0.25, -0.2) is 9.67 Å². The quantitative estimate of drug-likeness (QED) is 0.512. The molecule has 3 aromatic heterocycles. The van der Waals surface area contributed by atoms with E-state index in [2.05, 4.69) is 32.1 Å². The first-order valence-electron chi connectivity index (χ1n) is 10.4. The minimum Gasteiger partial charge on any atom is -0.340 e. The second kappa shape index (κ2) is 8.20. The molecule has 0 unspecified atom stereocenters. The molecule has 0 saturated carbocycles. The zero-order valence-corrected chi connectivity index (χ0v) is 17.4. The fourth-order valence-electron chi connectivity index (χ4n) is 4.05. The Morgan fingerprint density at radius 3 is 2.81 bits per heavy atom. The largest absolute Gasteiger partial charge is 0.340 e. The molecular formula is C23H23N7O. The van der Waals surface area contributed by atoms with Gasteiger partial charge in [0.05, 0.1) is 24.8 Å². The lowest BCUT2D eigenvalue weighted by molar-refractivity contribution is 0.572. The smallest absolute Gasteiger partial charge is 0.293 e. The first kappa shape index (κ1) is 19.3. The summed E-state index contributed by atoms with van der Waals surface area (Å²) in [7, 11) is 0. The number of aromatic nitrogens is 5. The summed E-state index contributed by atoms with van der Waals surface area (Å²) in [5, 5.41) is 8.80. The number of para-hydroxylation sites is 1. The fourth-order valence-corrected chi connectivity index (χ4v) is 4.05. The molecule has 0 aliphatic carbocycles. The summed E-state index contributed by atoms with van der Waals surface area (Å²) in [6.07, 6.45) is 3.45. The van der Waals surface area contributed by atoms with E-state index in [1.54, 1.807) is 19.3 Å². The molecule has 1 aliphatic heterocycles. The van der Waals surface area contributed by atoms with Gasteiger partial charge in [-0.1, -0.05) is 24.1 Å². The normalized spacial score (nSPS) is 14.0. The number of piperazine rings is 1. The molecule has 0 radical (unpaired) electrons. The predicted molar refractivity (Wildman–Crippen MR) is 121 cm³/mol. The van der Waals surface area contributed by atoms with E-state index in [-0.39, 0.29) is 5.56 Å². The van der Waals surface area contributed by atoms with Crippen molar-refractivity contribution in [3.8, 4) is 11.8 Å². The Balaban J connectivity index is 1.62. The molecule has 5 rings (SSSR count). The number of benzene rings is 1. The molecule has 4 aromatic rings. The van der Waals surface area contributed by atoms with Gasteiger partial charge in [-0.05, 0) is 24.6 Å². The summed E-state index contributed by atoms with van der Waals surface area (Å²) < 4.78 is 3.44. The molecular weight excluding hydrogens is 390 g/mol. The summed E-state index contributed by atoms with van der Waals surface area (Å²) in [6.45, 7) is 6.05. The van der Waals surface area contributed by atoms with E-state index in [4.69, 9.17) is 4.98 Å². The molecule has 1 saturated heterocycles. The van der Waals surface area contributed by atoms with Crippen molar-refractivity contribution < 1.29 is 0 Å². The van der Waals surface area contributed by atoms with E-state index in [1.807, 2.05) is 34.9 Å². The Hall–Kier alpha value is -3.70. The highest BCUT2D eigenvalue weighted by Gasteiger charge is 2.21. The number of fused-ring (bicyclic) bond motifs is 2. The second-order valence-corrected chi connectivity index (χ2v) is 7.49. The molecule has 1 aliphatic rings. The van der Waals surface area contributed by atoms with E-state index >= 15 is 0 Å². The molecule has 0 atom stereocenters. The van der Waals surface area contributed by atoms with Crippen LogP contribution in [-0.4, -0.2) is 50.5 Å². The van der Waals surface area contributed by atoms with Gasteiger partial charge < -0.3 is 10.2 Å². The number of anilines is 1.